The first kappa shape index (κ1) is 9.65. The van der Waals surface area contributed by atoms with Crippen molar-refractivity contribution in [2.75, 3.05) is 7.11 Å². The highest BCUT2D eigenvalue weighted by molar-refractivity contribution is 5.98. The van der Waals surface area contributed by atoms with Gasteiger partial charge in [0.2, 0.25) is 0 Å². The van der Waals surface area contributed by atoms with Gasteiger partial charge in [0.05, 0.1) is 12.6 Å². The molecule has 0 radical (unpaired) electrons. The first-order valence-corrected chi connectivity index (χ1v) is 4.65. The molecule has 0 spiro atoms. The maximum absolute atomic E-state index is 11.0. The van der Waals surface area contributed by atoms with Crippen LogP contribution in [0.1, 0.15) is 15.9 Å². The number of carbonyl (C=O) groups is 1. The molecule has 2 rings (SSSR count). The van der Waals surface area contributed by atoms with Crippen molar-refractivity contribution in [2.45, 2.75) is 6.92 Å². The number of ether oxygens (including phenoxy) is 1. The van der Waals surface area contributed by atoms with Gasteiger partial charge in [-0.2, -0.15) is 0 Å². The van der Waals surface area contributed by atoms with Crippen LogP contribution in [-0.4, -0.2) is 18.4 Å². The van der Waals surface area contributed by atoms with Crippen molar-refractivity contribution in [3.63, 3.8) is 0 Å². The van der Waals surface area contributed by atoms with Crippen molar-refractivity contribution < 1.29 is 9.53 Å². The van der Waals surface area contributed by atoms with E-state index in [4.69, 9.17) is 4.74 Å². The van der Waals surface area contributed by atoms with Crippen LogP contribution in [0.5, 0.6) is 5.75 Å². The van der Waals surface area contributed by atoms with Gasteiger partial charge in [0.15, 0.2) is 6.29 Å². The number of rotatable bonds is 2. The van der Waals surface area contributed by atoms with Crippen LogP contribution in [0, 0.1) is 6.92 Å². The van der Waals surface area contributed by atoms with E-state index in [1.54, 1.807) is 13.3 Å². The first-order valence-electron chi connectivity index (χ1n) is 4.65. The lowest BCUT2D eigenvalue weighted by Gasteiger charge is -2.05. The van der Waals surface area contributed by atoms with Gasteiger partial charge in [-0.25, -0.2) is 0 Å². The molecule has 0 aliphatic heterocycles. The highest BCUT2D eigenvalue weighted by Crippen LogP contribution is 2.23. The van der Waals surface area contributed by atoms with E-state index in [0.717, 1.165) is 28.5 Å². The van der Waals surface area contributed by atoms with Gasteiger partial charge in [-0.15, -0.1) is 0 Å². The summed E-state index contributed by atoms with van der Waals surface area (Å²) < 4.78 is 5.12. The Morgan fingerprint density at radius 2 is 2.20 bits per heavy atom. The Labute approximate surface area is 87.7 Å². The molecular weight excluding hydrogens is 190 g/mol. The molecule has 0 saturated carbocycles. The number of pyridine rings is 1. The summed E-state index contributed by atoms with van der Waals surface area (Å²) in [5, 5.41) is 0.837. The molecule has 0 atom stereocenters. The Morgan fingerprint density at radius 1 is 1.40 bits per heavy atom. The molecule has 15 heavy (non-hydrogen) atoms. The number of benzene rings is 1. The van der Waals surface area contributed by atoms with E-state index in [9.17, 15) is 4.79 Å². The topological polar surface area (TPSA) is 39.2 Å². The number of carbonyl (C=O) groups excluding carboxylic acids is 1. The third-order valence-corrected chi connectivity index (χ3v) is 2.43. The van der Waals surface area contributed by atoms with E-state index in [0.29, 0.717) is 5.56 Å². The summed E-state index contributed by atoms with van der Waals surface area (Å²) in [6.45, 7) is 1.87. The summed E-state index contributed by atoms with van der Waals surface area (Å²) in [6.07, 6.45) is 2.57. The van der Waals surface area contributed by atoms with Crippen LogP contribution in [0.15, 0.2) is 24.4 Å². The summed E-state index contributed by atoms with van der Waals surface area (Å²) in [6, 6.07) is 5.51. The minimum absolute atomic E-state index is 0.680. The maximum atomic E-state index is 11.0. The molecule has 0 aliphatic rings. The molecule has 2 aromatic rings. The smallest absolute Gasteiger partial charge is 0.151 e. The summed E-state index contributed by atoms with van der Waals surface area (Å²) in [5.74, 6) is 0.734. The van der Waals surface area contributed by atoms with E-state index in [2.05, 4.69) is 4.98 Å². The van der Waals surface area contributed by atoms with E-state index in [-0.39, 0.29) is 0 Å². The van der Waals surface area contributed by atoms with Crippen molar-refractivity contribution in [1.82, 2.24) is 4.98 Å². The zero-order valence-corrected chi connectivity index (χ0v) is 8.65. The Bertz CT molecular complexity index is 520. The van der Waals surface area contributed by atoms with Gasteiger partial charge < -0.3 is 4.74 Å². The molecule has 1 heterocycles. The molecule has 76 valence electrons. The molecule has 0 N–H and O–H groups in total. The lowest BCUT2D eigenvalue weighted by molar-refractivity contribution is 0.112. The molecule has 1 aromatic heterocycles. The zero-order chi connectivity index (χ0) is 10.8. The second-order valence-electron chi connectivity index (χ2n) is 3.36. The average molecular weight is 201 g/mol. The highest BCUT2D eigenvalue weighted by Gasteiger charge is 2.05. The van der Waals surface area contributed by atoms with Gasteiger partial charge in [0.1, 0.15) is 5.75 Å². The molecule has 0 fully saturated rings. The summed E-state index contributed by atoms with van der Waals surface area (Å²) in [4.78, 5) is 15.2. The first-order chi connectivity index (χ1) is 7.26. The van der Waals surface area contributed by atoms with E-state index in [1.165, 1.54) is 0 Å². The SMILES string of the molecule is COc1ccc2ncc(C)c(C=O)c2c1. The fraction of sp³-hybridized carbons (Fsp3) is 0.167. The molecule has 1 aromatic carbocycles. The van der Waals surface area contributed by atoms with Crippen LogP contribution in [0.3, 0.4) is 0 Å². The summed E-state index contributed by atoms with van der Waals surface area (Å²) in [5.41, 5.74) is 2.37. The average Bonchev–Trinajstić information content (AvgIpc) is 2.28. The fourth-order valence-corrected chi connectivity index (χ4v) is 1.58. The van der Waals surface area contributed by atoms with Crippen molar-refractivity contribution >= 4 is 17.2 Å². The molecule has 0 bridgehead atoms. The second kappa shape index (κ2) is 3.69. The summed E-state index contributed by atoms with van der Waals surface area (Å²) >= 11 is 0. The number of hydrogen-bond acceptors (Lipinski definition) is 3. The van der Waals surface area contributed by atoms with E-state index >= 15 is 0 Å². The van der Waals surface area contributed by atoms with Gasteiger partial charge in [0, 0.05) is 17.1 Å². The molecule has 3 nitrogen and oxygen atoms in total. The Hall–Kier alpha value is -1.90. The number of aldehydes is 1. The van der Waals surface area contributed by atoms with E-state index < -0.39 is 0 Å². The lowest BCUT2D eigenvalue weighted by atomic mass is 10.1. The second-order valence-corrected chi connectivity index (χ2v) is 3.36. The monoisotopic (exact) mass is 201 g/mol. The third kappa shape index (κ3) is 1.56. The quantitative estimate of drug-likeness (QED) is 0.700. The van der Waals surface area contributed by atoms with E-state index in [1.807, 2.05) is 25.1 Å². The zero-order valence-electron chi connectivity index (χ0n) is 8.65. The number of hydrogen-bond donors (Lipinski definition) is 0. The Balaban J connectivity index is 2.81. The predicted molar refractivity (Wildman–Crippen MR) is 58.4 cm³/mol. The normalized spacial score (nSPS) is 10.3. The van der Waals surface area contributed by atoms with Gasteiger partial charge in [-0.1, -0.05) is 0 Å². The molecule has 0 unspecified atom stereocenters. The van der Waals surface area contributed by atoms with Gasteiger partial charge in [0.25, 0.3) is 0 Å². The third-order valence-electron chi connectivity index (χ3n) is 2.43. The van der Waals surface area contributed by atoms with Gasteiger partial charge >= 0.3 is 0 Å². The highest BCUT2D eigenvalue weighted by atomic mass is 16.5. The Kier molecular flexibility index (Phi) is 2.37. The maximum Gasteiger partial charge on any atom is 0.151 e. The summed E-state index contributed by atoms with van der Waals surface area (Å²) in [7, 11) is 1.60. The van der Waals surface area contributed by atoms with Crippen LogP contribution in [0.25, 0.3) is 10.9 Å². The Morgan fingerprint density at radius 3 is 2.87 bits per heavy atom. The van der Waals surface area contributed by atoms with Crippen LogP contribution >= 0.6 is 0 Å². The number of aryl methyl sites for hydroxylation is 1. The molecule has 0 saturated heterocycles. The minimum Gasteiger partial charge on any atom is -0.497 e. The molecule has 0 amide bonds. The number of aromatic nitrogens is 1. The predicted octanol–water partition coefficient (Wildman–Crippen LogP) is 2.36. The number of fused-ring (bicyclic) bond motifs is 1. The minimum atomic E-state index is 0.680. The van der Waals surface area contributed by atoms with Crippen LogP contribution < -0.4 is 4.74 Å². The molecule has 3 heteroatoms. The van der Waals surface area contributed by atoms with Crippen molar-refractivity contribution in [1.29, 1.82) is 0 Å². The number of methoxy groups -OCH3 is 1. The van der Waals surface area contributed by atoms with Crippen LogP contribution in [-0.2, 0) is 0 Å². The standard InChI is InChI=1S/C12H11NO2/c1-8-6-13-12-4-3-9(15-2)5-10(12)11(8)7-14/h3-7H,1-2H3. The lowest BCUT2D eigenvalue weighted by Crippen LogP contribution is -1.92. The molecular formula is C12H11NO2. The van der Waals surface area contributed by atoms with Crippen LogP contribution in [0.4, 0.5) is 0 Å². The van der Waals surface area contributed by atoms with Gasteiger partial charge in [-0.3, -0.25) is 9.78 Å². The van der Waals surface area contributed by atoms with Crippen LogP contribution in [0.2, 0.25) is 0 Å². The molecule has 0 aliphatic carbocycles. The number of nitrogens with zero attached hydrogens (tertiary/aromatic N) is 1. The fourth-order valence-electron chi connectivity index (χ4n) is 1.58. The van der Waals surface area contributed by atoms with Crippen molar-refractivity contribution in [2.24, 2.45) is 0 Å². The largest absolute Gasteiger partial charge is 0.497 e. The van der Waals surface area contributed by atoms with Gasteiger partial charge in [-0.05, 0) is 30.7 Å². The van der Waals surface area contributed by atoms with Crippen molar-refractivity contribution in [3.05, 3.63) is 35.5 Å². The van der Waals surface area contributed by atoms with Crippen molar-refractivity contribution in [3.8, 4) is 5.75 Å².